The van der Waals surface area contributed by atoms with Crippen LogP contribution in [0.15, 0.2) is 64.9 Å². The number of hydrogen-bond acceptors (Lipinski definition) is 6. The lowest BCUT2D eigenvalue weighted by Gasteiger charge is -2.28. The van der Waals surface area contributed by atoms with E-state index in [0.717, 1.165) is 29.3 Å². The van der Waals surface area contributed by atoms with Crippen LogP contribution in [0.2, 0.25) is 0 Å². The van der Waals surface area contributed by atoms with Gasteiger partial charge in [-0.05, 0) is 62.0 Å². The van der Waals surface area contributed by atoms with Crippen LogP contribution in [-0.2, 0) is 27.5 Å². The largest absolute Gasteiger partial charge is 0.493 e. The van der Waals surface area contributed by atoms with Crippen molar-refractivity contribution >= 4 is 27.3 Å². The predicted molar refractivity (Wildman–Crippen MR) is 147 cm³/mol. The van der Waals surface area contributed by atoms with Crippen LogP contribution in [0.4, 0.5) is 13.2 Å². The molecule has 12 heteroatoms. The van der Waals surface area contributed by atoms with Gasteiger partial charge in [-0.15, -0.1) is 11.3 Å². The van der Waals surface area contributed by atoms with Crippen LogP contribution in [-0.4, -0.2) is 26.5 Å². The van der Waals surface area contributed by atoms with E-state index in [1.54, 1.807) is 17.5 Å². The van der Waals surface area contributed by atoms with Gasteiger partial charge in [-0.3, -0.25) is 4.79 Å². The third kappa shape index (κ3) is 7.84. The highest BCUT2D eigenvalue weighted by atomic mass is 32.2. The van der Waals surface area contributed by atoms with E-state index in [1.807, 2.05) is 18.2 Å². The van der Waals surface area contributed by atoms with E-state index in [0.29, 0.717) is 36.3 Å². The van der Waals surface area contributed by atoms with E-state index in [-0.39, 0.29) is 18.0 Å². The van der Waals surface area contributed by atoms with E-state index in [2.05, 4.69) is 36.1 Å². The maximum absolute atomic E-state index is 13.2. The first kappa shape index (κ1) is 30.0. The van der Waals surface area contributed by atoms with Crippen LogP contribution < -0.4 is 20.1 Å². The number of nitrogens with one attached hydrogen (secondary N) is 3. The van der Waals surface area contributed by atoms with Crippen molar-refractivity contribution in [1.82, 2.24) is 15.4 Å². The minimum atomic E-state index is -4.69. The van der Waals surface area contributed by atoms with Crippen molar-refractivity contribution in [2.75, 3.05) is 6.61 Å². The van der Waals surface area contributed by atoms with Crippen LogP contribution in [0, 0.1) is 0 Å². The molecule has 1 amide bonds. The van der Waals surface area contributed by atoms with Gasteiger partial charge in [0.15, 0.2) is 0 Å². The summed E-state index contributed by atoms with van der Waals surface area (Å²) in [6.07, 6.45) is -4.39. The first-order valence-electron chi connectivity index (χ1n) is 12.7. The summed E-state index contributed by atoms with van der Waals surface area (Å²) in [5, 5.41) is 8.15. The summed E-state index contributed by atoms with van der Waals surface area (Å²) in [5.74, 6) is 0.284. The molecule has 0 radical (unpaired) electrons. The number of fused-ring (bicyclic) bond motifs is 1. The fourth-order valence-corrected chi connectivity index (χ4v) is 6.40. The van der Waals surface area contributed by atoms with Crippen molar-refractivity contribution in [3.63, 3.8) is 0 Å². The summed E-state index contributed by atoms with van der Waals surface area (Å²) in [4.78, 5) is 13.2. The number of alkyl halides is 3. The molecule has 1 aromatic heterocycles. The Morgan fingerprint density at radius 1 is 1.10 bits per heavy atom. The molecule has 40 heavy (non-hydrogen) atoms. The monoisotopic (exact) mass is 595 g/mol. The molecule has 0 aliphatic carbocycles. The van der Waals surface area contributed by atoms with Gasteiger partial charge in [0.05, 0.1) is 29.1 Å². The molecular weight excluding hydrogens is 563 g/mol. The Morgan fingerprint density at radius 2 is 1.88 bits per heavy atom. The topological polar surface area (TPSA) is 96.5 Å². The second kappa shape index (κ2) is 11.9. The van der Waals surface area contributed by atoms with Gasteiger partial charge in [-0.25, -0.2) is 13.1 Å². The minimum absolute atomic E-state index is 0.0466. The summed E-state index contributed by atoms with van der Waals surface area (Å²) in [6, 6.07) is 11.5. The molecule has 0 spiro atoms. The van der Waals surface area contributed by atoms with Crippen molar-refractivity contribution in [2.24, 2.45) is 0 Å². The standard InChI is InChI=1S/C28H32F3N3O4S2/c1-27(2,3)32-17-18-9-10-21-22(11-12-38-24(21)14-18)33-26(35)16-23(25-8-5-13-39-25)34-40(36,37)20-7-4-6-19(15-20)28(29,30)31/h4-10,13-15,22-23,32,34H,11-12,16-17H2,1-3H3,(H,33,35)/t22-,23?/m1/s1. The van der Waals surface area contributed by atoms with Gasteiger partial charge in [0.25, 0.3) is 0 Å². The highest BCUT2D eigenvalue weighted by molar-refractivity contribution is 7.89. The summed E-state index contributed by atoms with van der Waals surface area (Å²) in [7, 11) is -4.37. The zero-order chi connectivity index (χ0) is 29.1. The van der Waals surface area contributed by atoms with Gasteiger partial charge in [0, 0.05) is 35.4 Å². The van der Waals surface area contributed by atoms with Crippen LogP contribution in [0.25, 0.3) is 0 Å². The average Bonchev–Trinajstić information content (AvgIpc) is 3.41. The lowest BCUT2D eigenvalue weighted by molar-refractivity contribution is -0.137. The number of halogens is 3. The second-order valence-electron chi connectivity index (χ2n) is 10.7. The maximum atomic E-state index is 13.2. The molecule has 3 N–H and O–H groups in total. The van der Waals surface area contributed by atoms with Crippen LogP contribution in [0.5, 0.6) is 5.75 Å². The first-order chi connectivity index (χ1) is 18.7. The number of sulfonamides is 1. The van der Waals surface area contributed by atoms with E-state index in [4.69, 9.17) is 4.74 Å². The van der Waals surface area contributed by atoms with Crippen molar-refractivity contribution in [1.29, 1.82) is 0 Å². The molecule has 3 aromatic rings. The quantitative estimate of drug-likeness (QED) is 0.295. The zero-order valence-corrected chi connectivity index (χ0v) is 24.0. The number of amides is 1. The molecule has 0 fully saturated rings. The Labute approximate surface area is 236 Å². The van der Waals surface area contributed by atoms with Gasteiger partial charge in [-0.2, -0.15) is 13.2 Å². The lowest BCUT2D eigenvalue weighted by Crippen LogP contribution is -2.36. The number of ether oxygens (including phenoxy) is 1. The molecule has 0 saturated heterocycles. The van der Waals surface area contributed by atoms with Gasteiger partial charge < -0.3 is 15.4 Å². The number of thiophene rings is 1. The molecular formula is C28H32F3N3O4S2. The van der Waals surface area contributed by atoms with E-state index < -0.39 is 38.6 Å². The van der Waals surface area contributed by atoms with Crippen LogP contribution in [0.1, 0.15) is 67.3 Å². The van der Waals surface area contributed by atoms with E-state index in [1.165, 1.54) is 11.3 Å². The van der Waals surface area contributed by atoms with Gasteiger partial charge in [0.2, 0.25) is 15.9 Å². The smallest absolute Gasteiger partial charge is 0.416 e. The van der Waals surface area contributed by atoms with Crippen LogP contribution in [0.3, 0.4) is 0 Å². The Hall–Kier alpha value is -2.93. The molecule has 1 aliphatic rings. The first-order valence-corrected chi connectivity index (χ1v) is 15.1. The average molecular weight is 596 g/mol. The molecule has 1 unspecified atom stereocenters. The molecule has 4 rings (SSSR count). The van der Waals surface area contributed by atoms with Crippen molar-refractivity contribution in [3.05, 3.63) is 81.5 Å². The number of benzene rings is 2. The summed E-state index contributed by atoms with van der Waals surface area (Å²) in [5.41, 5.74) is 0.754. The lowest BCUT2D eigenvalue weighted by atomic mass is 9.98. The van der Waals surface area contributed by atoms with Gasteiger partial charge in [0.1, 0.15) is 5.75 Å². The van der Waals surface area contributed by atoms with Gasteiger partial charge >= 0.3 is 6.18 Å². The maximum Gasteiger partial charge on any atom is 0.416 e. The fourth-order valence-electron chi connectivity index (χ4n) is 4.28. The predicted octanol–water partition coefficient (Wildman–Crippen LogP) is 5.70. The summed E-state index contributed by atoms with van der Waals surface area (Å²) >= 11 is 1.25. The number of hydrogen-bond donors (Lipinski definition) is 3. The Kier molecular flexibility index (Phi) is 8.93. The van der Waals surface area contributed by atoms with Crippen molar-refractivity contribution in [2.45, 2.75) is 68.9 Å². The number of carbonyl (C=O) groups excluding carboxylic acids is 1. The van der Waals surface area contributed by atoms with Crippen LogP contribution >= 0.6 is 11.3 Å². The molecule has 0 saturated carbocycles. The van der Waals surface area contributed by atoms with E-state index >= 15 is 0 Å². The third-order valence-corrected chi connectivity index (χ3v) is 8.78. The molecule has 2 atom stereocenters. The van der Waals surface area contributed by atoms with Crippen molar-refractivity contribution < 1.29 is 31.1 Å². The van der Waals surface area contributed by atoms with E-state index in [9.17, 15) is 26.4 Å². The Balaban J connectivity index is 1.48. The summed E-state index contributed by atoms with van der Waals surface area (Å²) < 4.78 is 73.9. The zero-order valence-electron chi connectivity index (χ0n) is 22.3. The Bertz CT molecular complexity index is 1440. The molecule has 0 bridgehead atoms. The fraction of sp³-hybridized carbons (Fsp3) is 0.393. The number of rotatable bonds is 9. The molecule has 1 aliphatic heterocycles. The highest BCUT2D eigenvalue weighted by Crippen LogP contribution is 2.34. The normalized spacial score (nSPS) is 16.6. The third-order valence-electron chi connectivity index (χ3n) is 6.32. The number of carbonyl (C=O) groups is 1. The summed E-state index contributed by atoms with van der Waals surface area (Å²) in [6.45, 7) is 7.31. The molecule has 216 valence electrons. The van der Waals surface area contributed by atoms with Crippen molar-refractivity contribution in [3.8, 4) is 5.75 Å². The minimum Gasteiger partial charge on any atom is -0.493 e. The SMILES string of the molecule is CC(C)(C)NCc1ccc2c(c1)OCC[C@H]2NC(=O)CC(NS(=O)(=O)c1cccc(C(F)(F)F)c1)c1cccs1. The highest BCUT2D eigenvalue weighted by Gasteiger charge is 2.33. The van der Waals surface area contributed by atoms with Gasteiger partial charge in [-0.1, -0.05) is 24.3 Å². The molecule has 2 aromatic carbocycles. The molecule has 7 nitrogen and oxygen atoms in total. The Morgan fingerprint density at radius 3 is 2.55 bits per heavy atom. The second-order valence-corrected chi connectivity index (χ2v) is 13.3. The molecule has 2 heterocycles.